The van der Waals surface area contributed by atoms with Crippen LogP contribution in [0.5, 0.6) is 0 Å². The van der Waals surface area contributed by atoms with Crippen LogP contribution in [-0.4, -0.2) is 28.9 Å². The Morgan fingerprint density at radius 3 is 1.94 bits per heavy atom. The van der Waals surface area contributed by atoms with E-state index in [4.69, 9.17) is 18.0 Å². The van der Waals surface area contributed by atoms with E-state index in [1.807, 2.05) is 4.90 Å². The number of thiocarbonyl (C=S) groups is 1. The molecule has 0 saturated carbocycles. The van der Waals surface area contributed by atoms with Crippen molar-refractivity contribution >= 4 is 23.1 Å². The summed E-state index contributed by atoms with van der Waals surface area (Å²) in [4.78, 5) is 14.7. The number of hydrogen-bond acceptors (Lipinski definition) is 2. The molecule has 2 N–H and O–H groups in total. The highest BCUT2D eigenvalue weighted by Crippen LogP contribution is 2.13. The molecular weight excluding hydrogens is 244 g/mol. The molecule has 0 radical (unpaired) electrons. The third kappa shape index (κ3) is 6.34. The van der Waals surface area contributed by atoms with Gasteiger partial charge in [-0.1, -0.05) is 52.3 Å². The molecule has 1 atom stereocenters. The Morgan fingerprint density at radius 2 is 1.61 bits per heavy atom. The zero-order chi connectivity index (χ0) is 14.0. The van der Waals surface area contributed by atoms with Crippen molar-refractivity contribution in [1.82, 2.24) is 4.90 Å². The second kappa shape index (κ2) is 10.3. The summed E-state index contributed by atoms with van der Waals surface area (Å²) < 4.78 is 0. The lowest BCUT2D eigenvalue weighted by Gasteiger charge is -2.26. The summed E-state index contributed by atoms with van der Waals surface area (Å²) in [5.41, 5.74) is 5.70. The number of carbonyl (C=O) groups excluding carboxylic acids is 1. The van der Waals surface area contributed by atoms with Crippen LogP contribution in [0.4, 0.5) is 0 Å². The quantitative estimate of drug-likeness (QED) is 0.622. The summed E-state index contributed by atoms with van der Waals surface area (Å²) in [5, 5.41) is 0. The van der Waals surface area contributed by atoms with Crippen molar-refractivity contribution in [2.24, 2.45) is 11.7 Å². The predicted octanol–water partition coefficient (Wildman–Crippen LogP) is 3.12. The zero-order valence-electron chi connectivity index (χ0n) is 12.1. The third-order valence-electron chi connectivity index (χ3n) is 3.09. The zero-order valence-corrected chi connectivity index (χ0v) is 12.9. The van der Waals surface area contributed by atoms with E-state index in [0.717, 1.165) is 51.6 Å². The molecule has 0 heterocycles. The number of amides is 1. The van der Waals surface area contributed by atoms with Crippen LogP contribution in [0.3, 0.4) is 0 Å². The van der Waals surface area contributed by atoms with Crippen molar-refractivity contribution in [3.63, 3.8) is 0 Å². The van der Waals surface area contributed by atoms with Crippen LogP contribution in [0, 0.1) is 5.92 Å². The molecule has 0 spiro atoms. The number of nitrogens with zero attached hydrogens (tertiary/aromatic N) is 1. The average Bonchev–Trinajstić information content (AvgIpc) is 2.35. The van der Waals surface area contributed by atoms with Gasteiger partial charge in [0.1, 0.15) is 0 Å². The molecule has 0 aliphatic rings. The van der Waals surface area contributed by atoms with Crippen molar-refractivity contribution in [2.45, 2.75) is 59.3 Å². The number of nitrogens with two attached hydrogens (primary N) is 1. The van der Waals surface area contributed by atoms with Crippen molar-refractivity contribution in [1.29, 1.82) is 0 Å². The maximum atomic E-state index is 12.4. The molecule has 0 aromatic rings. The van der Waals surface area contributed by atoms with Crippen LogP contribution < -0.4 is 5.73 Å². The standard InChI is InChI=1S/C14H28N2OS/c1-4-7-10-16(11-8-5-2)14(17)12(9-6-3)13(15)18/h12H,4-11H2,1-3H3,(H2,15,18). The van der Waals surface area contributed by atoms with E-state index in [-0.39, 0.29) is 11.8 Å². The highest BCUT2D eigenvalue weighted by Gasteiger charge is 2.25. The van der Waals surface area contributed by atoms with Gasteiger partial charge in [0, 0.05) is 13.1 Å². The highest BCUT2D eigenvalue weighted by atomic mass is 32.1. The maximum Gasteiger partial charge on any atom is 0.232 e. The number of carbonyl (C=O) groups is 1. The molecule has 0 aliphatic heterocycles. The molecule has 0 fully saturated rings. The third-order valence-corrected chi connectivity index (χ3v) is 3.38. The van der Waals surface area contributed by atoms with Crippen molar-refractivity contribution in [3.05, 3.63) is 0 Å². The van der Waals surface area contributed by atoms with Crippen LogP contribution >= 0.6 is 12.2 Å². The Morgan fingerprint density at radius 1 is 1.11 bits per heavy atom. The Kier molecular flexibility index (Phi) is 9.93. The maximum absolute atomic E-state index is 12.4. The molecule has 106 valence electrons. The smallest absolute Gasteiger partial charge is 0.232 e. The van der Waals surface area contributed by atoms with Gasteiger partial charge in [-0.05, 0) is 19.3 Å². The highest BCUT2D eigenvalue weighted by molar-refractivity contribution is 7.80. The second-order valence-electron chi connectivity index (χ2n) is 4.78. The molecule has 0 saturated heterocycles. The van der Waals surface area contributed by atoms with Crippen molar-refractivity contribution in [2.75, 3.05) is 13.1 Å². The van der Waals surface area contributed by atoms with Crippen LogP contribution in [-0.2, 0) is 4.79 Å². The number of unbranched alkanes of at least 4 members (excludes halogenated alkanes) is 2. The average molecular weight is 272 g/mol. The van der Waals surface area contributed by atoms with Gasteiger partial charge in [-0.15, -0.1) is 0 Å². The SMILES string of the molecule is CCCCN(CCCC)C(=O)C(CCC)C(N)=S. The predicted molar refractivity (Wildman–Crippen MR) is 81.6 cm³/mol. The summed E-state index contributed by atoms with van der Waals surface area (Å²) >= 11 is 5.03. The van der Waals surface area contributed by atoms with Gasteiger partial charge in [0.2, 0.25) is 5.91 Å². The molecule has 0 rings (SSSR count). The van der Waals surface area contributed by atoms with E-state index in [0.29, 0.717) is 4.99 Å². The van der Waals surface area contributed by atoms with Gasteiger partial charge < -0.3 is 10.6 Å². The fourth-order valence-electron chi connectivity index (χ4n) is 1.93. The Balaban J connectivity index is 4.61. The van der Waals surface area contributed by atoms with Gasteiger partial charge in [0.05, 0.1) is 10.9 Å². The number of rotatable bonds is 10. The molecular formula is C14H28N2OS. The van der Waals surface area contributed by atoms with E-state index in [1.54, 1.807) is 0 Å². The van der Waals surface area contributed by atoms with Crippen molar-refractivity contribution in [3.8, 4) is 0 Å². The first-order valence-corrected chi connectivity index (χ1v) is 7.57. The van der Waals surface area contributed by atoms with Crippen LogP contribution in [0.15, 0.2) is 0 Å². The first-order chi connectivity index (χ1) is 8.58. The monoisotopic (exact) mass is 272 g/mol. The lowest BCUT2D eigenvalue weighted by atomic mass is 10.0. The van der Waals surface area contributed by atoms with Gasteiger partial charge in [-0.3, -0.25) is 4.79 Å². The molecule has 0 aromatic carbocycles. The minimum absolute atomic E-state index is 0.131. The largest absolute Gasteiger partial charge is 0.393 e. The van der Waals surface area contributed by atoms with E-state index >= 15 is 0 Å². The first-order valence-electron chi connectivity index (χ1n) is 7.16. The van der Waals surface area contributed by atoms with E-state index < -0.39 is 0 Å². The van der Waals surface area contributed by atoms with Gasteiger partial charge in [0.15, 0.2) is 0 Å². The number of hydrogen-bond donors (Lipinski definition) is 1. The topological polar surface area (TPSA) is 46.3 Å². The van der Waals surface area contributed by atoms with E-state index in [2.05, 4.69) is 20.8 Å². The Labute approximate surface area is 117 Å². The Bertz CT molecular complexity index is 248. The normalized spacial score (nSPS) is 12.2. The molecule has 1 unspecified atom stereocenters. The Hall–Kier alpha value is -0.640. The lowest BCUT2D eigenvalue weighted by molar-refractivity contribution is -0.133. The fraction of sp³-hybridized carbons (Fsp3) is 0.857. The molecule has 0 aromatic heterocycles. The molecule has 1 amide bonds. The summed E-state index contributed by atoms with van der Waals surface area (Å²) in [6.45, 7) is 8.00. The fourth-order valence-corrected chi connectivity index (χ4v) is 2.15. The van der Waals surface area contributed by atoms with E-state index in [9.17, 15) is 4.79 Å². The lowest BCUT2D eigenvalue weighted by Crippen LogP contribution is -2.42. The van der Waals surface area contributed by atoms with Gasteiger partial charge in [-0.25, -0.2) is 0 Å². The summed E-state index contributed by atoms with van der Waals surface area (Å²) in [6, 6.07) is 0. The summed E-state index contributed by atoms with van der Waals surface area (Å²) in [7, 11) is 0. The minimum Gasteiger partial charge on any atom is -0.393 e. The van der Waals surface area contributed by atoms with Crippen LogP contribution in [0.2, 0.25) is 0 Å². The van der Waals surface area contributed by atoms with Crippen LogP contribution in [0.25, 0.3) is 0 Å². The molecule has 4 heteroatoms. The van der Waals surface area contributed by atoms with Gasteiger partial charge in [-0.2, -0.15) is 0 Å². The second-order valence-corrected chi connectivity index (χ2v) is 5.25. The minimum atomic E-state index is -0.265. The van der Waals surface area contributed by atoms with E-state index in [1.165, 1.54) is 0 Å². The molecule has 18 heavy (non-hydrogen) atoms. The first kappa shape index (κ1) is 17.4. The van der Waals surface area contributed by atoms with Gasteiger partial charge in [0.25, 0.3) is 0 Å². The van der Waals surface area contributed by atoms with Crippen molar-refractivity contribution < 1.29 is 4.79 Å². The van der Waals surface area contributed by atoms with Crippen LogP contribution in [0.1, 0.15) is 59.3 Å². The van der Waals surface area contributed by atoms with Gasteiger partial charge >= 0.3 is 0 Å². The summed E-state index contributed by atoms with van der Waals surface area (Å²) in [6.07, 6.45) is 5.99. The molecule has 0 bridgehead atoms. The molecule has 0 aliphatic carbocycles. The summed E-state index contributed by atoms with van der Waals surface area (Å²) in [5.74, 6) is -0.134. The molecule has 3 nitrogen and oxygen atoms in total.